The van der Waals surface area contributed by atoms with Crippen molar-refractivity contribution in [2.45, 2.75) is 19.1 Å². The quantitative estimate of drug-likeness (QED) is 0.729. The summed E-state index contributed by atoms with van der Waals surface area (Å²) in [5.41, 5.74) is 0. The summed E-state index contributed by atoms with van der Waals surface area (Å²) in [6.07, 6.45) is 4.79. The molecule has 0 aliphatic rings. The zero-order chi connectivity index (χ0) is 10.8. The molecule has 1 aromatic rings. The third kappa shape index (κ3) is 2.30. The van der Waals surface area contributed by atoms with Crippen LogP contribution in [0.1, 0.15) is 22.1 Å². The molecule has 0 bridgehead atoms. The second-order valence-corrected chi connectivity index (χ2v) is 6.85. The van der Waals surface area contributed by atoms with Crippen LogP contribution in [0.4, 0.5) is 0 Å². The number of aryl methyl sites for hydroxylation is 1. The van der Waals surface area contributed by atoms with Gasteiger partial charge in [0.25, 0.3) is 0 Å². The molecule has 0 amide bonds. The molecule has 0 saturated heterocycles. The van der Waals surface area contributed by atoms with Gasteiger partial charge in [-0.25, -0.2) is 9.19 Å². The maximum atomic E-state index is 11.9. The molecule has 0 fully saturated rings. The molecule has 2 unspecified atom stereocenters. The molecule has 6 heteroatoms. The van der Waals surface area contributed by atoms with E-state index in [0.717, 1.165) is 9.88 Å². The van der Waals surface area contributed by atoms with E-state index in [9.17, 15) is 4.21 Å². The maximum absolute atomic E-state index is 11.9. The fraction of sp³-hybridized carbons (Fsp3) is 0.500. The summed E-state index contributed by atoms with van der Waals surface area (Å²) in [5, 5.41) is 9.08. The fourth-order valence-electron chi connectivity index (χ4n) is 0.941. The summed E-state index contributed by atoms with van der Waals surface area (Å²) in [6.45, 7) is 3.69. The second kappa shape index (κ2) is 4.07. The molecule has 0 saturated carbocycles. The van der Waals surface area contributed by atoms with Gasteiger partial charge in [-0.1, -0.05) is 0 Å². The Labute approximate surface area is 87.8 Å². The molecular weight excluding hydrogens is 218 g/mol. The highest BCUT2D eigenvalue weighted by Crippen LogP contribution is 2.27. The second-order valence-electron chi connectivity index (χ2n) is 2.98. The van der Waals surface area contributed by atoms with Gasteiger partial charge in [0.05, 0.1) is 20.0 Å². The van der Waals surface area contributed by atoms with Gasteiger partial charge in [0, 0.05) is 17.3 Å². The minimum absolute atomic E-state index is 0.242. The van der Waals surface area contributed by atoms with E-state index in [2.05, 4.69) is 9.35 Å². The van der Waals surface area contributed by atoms with Crippen LogP contribution in [0.5, 0.6) is 0 Å². The molecule has 1 rings (SSSR count). The van der Waals surface area contributed by atoms with E-state index in [0.29, 0.717) is 0 Å². The number of nitriles is 1. The van der Waals surface area contributed by atoms with E-state index in [1.54, 1.807) is 19.3 Å². The van der Waals surface area contributed by atoms with Crippen molar-refractivity contribution in [2.24, 2.45) is 4.36 Å². The van der Waals surface area contributed by atoms with Crippen LogP contribution in [-0.2, 0) is 9.73 Å². The third-order valence-corrected chi connectivity index (χ3v) is 5.17. The molecule has 76 valence electrons. The number of nitrogens with zero attached hydrogens (tertiary/aromatic N) is 3. The lowest BCUT2D eigenvalue weighted by molar-refractivity contribution is 0.674. The summed E-state index contributed by atoms with van der Waals surface area (Å²) in [4.78, 5) is 4.99. The van der Waals surface area contributed by atoms with Gasteiger partial charge < -0.3 is 0 Å². The van der Waals surface area contributed by atoms with Gasteiger partial charge in [-0.05, 0) is 13.8 Å². The minimum atomic E-state index is -2.47. The lowest BCUT2D eigenvalue weighted by atomic mass is 10.4. The summed E-state index contributed by atoms with van der Waals surface area (Å²) < 4.78 is 15.3. The Kier molecular flexibility index (Phi) is 3.24. The van der Waals surface area contributed by atoms with Crippen molar-refractivity contribution in [2.75, 3.05) is 6.26 Å². The number of aromatic nitrogens is 1. The summed E-state index contributed by atoms with van der Waals surface area (Å²) >= 11 is 1.49. The van der Waals surface area contributed by atoms with Crippen LogP contribution in [0, 0.1) is 18.4 Å². The minimum Gasteiger partial charge on any atom is -0.250 e. The molecule has 1 aromatic heterocycles. The molecule has 0 aliphatic carbocycles. The standard InChI is InChI=1S/C8H11N3OS2/c1-6(14(3,12)11-5-9)8-4-10-7(2)13-8/h4,6H,1-3H3. The van der Waals surface area contributed by atoms with Crippen LogP contribution in [0.15, 0.2) is 10.6 Å². The largest absolute Gasteiger partial charge is 0.250 e. The van der Waals surface area contributed by atoms with Gasteiger partial charge in [0.15, 0.2) is 0 Å². The number of thiazole rings is 1. The Hall–Kier alpha value is -0.930. The van der Waals surface area contributed by atoms with Crippen LogP contribution in [0.3, 0.4) is 0 Å². The highest BCUT2D eigenvalue weighted by molar-refractivity contribution is 7.93. The van der Waals surface area contributed by atoms with Crippen LogP contribution >= 0.6 is 11.3 Å². The predicted molar refractivity (Wildman–Crippen MR) is 57.4 cm³/mol. The number of hydrogen-bond acceptors (Lipinski definition) is 5. The zero-order valence-electron chi connectivity index (χ0n) is 8.22. The Morgan fingerprint density at radius 1 is 1.79 bits per heavy atom. The Balaban J connectivity index is 3.10. The summed E-state index contributed by atoms with van der Waals surface area (Å²) in [6, 6.07) is 0. The average Bonchev–Trinajstić information content (AvgIpc) is 2.50. The smallest absolute Gasteiger partial charge is 0.214 e. The third-order valence-electron chi connectivity index (χ3n) is 1.92. The van der Waals surface area contributed by atoms with Crippen molar-refractivity contribution in [1.82, 2.24) is 4.98 Å². The predicted octanol–water partition coefficient (Wildman–Crippen LogP) is 2.09. The Morgan fingerprint density at radius 3 is 2.86 bits per heavy atom. The number of hydrogen-bond donors (Lipinski definition) is 0. The van der Waals surface area contributed by atoms with Gasteiger partial charge in [-0.2, -0.15) is 5.26 Å². The zero-order valence-corrected chi connectivity index (χ0v) is 9.85. The van der Waals surface area contributed by atoms with Crippen LogP contribution in [-0.4, -0.2) is 15.4 Å². The van der Waals surface area contributed by atoms with Gasteiger partial charge in [-0.3, -0.25) is 0 Å². The molecule has 0 aromatic carbocycles. The average molecular weight is 229 g/mol. The van der Waals surface area contributed by atoms with Crippen molar-refractivity contribution in [3.05, 3.63) is 16.1 Å². The molecule has 0 aliphatic heterocycles. The van der Waals surface area contributed by atoms with Gasteiger partial charge in [-0.15, -0.1) is 15.7 Å². The van der Waals surface area contributed by atoms with Crippen LogP contribution in [0.2, 0.25) is 0 Å². The molecule has 14 heavy (non-hydrogen) atoms. The molecule has 0 spiro atoms. The van der Waals surface area contributed by atoms with E-state index < -0.39 is 9.73 Å². The molecular formula is C8H11N3OS2. The molecule has 1 heterocycles. The monoisotopic (exact) mass is 229 g/mol. The molecule has 0 radical (unpaired) electrons. The Bertz CT molecular complexity index is 477. The van der Waals surface area contributed by atoms with E-state index in [1.807, 2.05) is 6.92 Å². The van der Waals surface area contributed by atoms with Gasteiger partial charge in [0.2, 0.25) is 6.19 Å². The Morgan fingerprint density at radius 2 is 2.43 bits per heavy atom. The van der Waals surface area contributed by atoms with Gasteiger partial charge in [0.1, 0.15) is 0 Å². The first kappa shape index (κ1) is 11.1. The van der Waals surface area contributed by atoms with E-state index in [1.165, 1.54) is 17.6 Å². The SMILES string of the molecule is Cc1ncc(C(C)S(C)(=O)=NC#N)s1. The normalized spacial score (nSPS) is 16.7. The van der Waals surface area contributed by atoms with E-state index >= 15 is 0 Å². The van der Waals surface area contributed by atoms with Crippen molar-refractivity contribution in [3.8, 4) is 6.19 Å². The lowest BCUT2D eigenvalue weighted by Crippen LogP contribution is -2.05. The van der Waals surface area contributed by atoms with E-state index in [-0.39, 0.29) is 5.25 Å². The molecule has 0 N–H and O–H groups in total. The van der Waals surface area contributed by atoms with Gasteiger partial charge >= 0.3 is 0 Å². The first-order chi connectivity index (χ1) is 6.47. The first-order valence-corrected chi connectivity index (χ1v) is 6.79. The summed E-state index contributed by atoms with van der Waals surface area (Å²) in [5.74, 6) is 0. The highest BCUT2D eigenvalue weighted by Gasteiger charge is 2.18. The lowest BCUT2D eigenvalue weighted by Gasteiger charge is -2.08. The van der Waals surface area contributed by atoms with Crippen LogP contribution < -0.4 is 0 Å². The van der Waals surface area contributed by atoms with Crippen molar-refractivity contribution < 1.29 is 4.21 Å². The van der Waals surface area contributed by atoms with Crippen LogP contribution in [0.25, 0.3) is 0 Å². The highest BCUT2D eigenvalue weighted by atomic mass is 32.2. The molecule has 2 atom stereocenters. The van der Waals surface area contributed by atoms with Crippen molar-refractivity contribution in [3.63, 3.8) is 0 Å². The van der Waals surface area contributed by atoms with E-state index in [4.69, 9.17) is 5.26 Å². The number of rotatable bonds is 2. The molecule has 4 nitrogen and oxygen atoms in total. The fourth-order valence-corrected chi connectivity index (χ4v) is 3.15. The topological polar surface area (TPSA) is 66.1 Å². The summed E-state index contributed by atoms with van der Waals surface area (Å²) in [7, 11) is -2.47. The van der Waals surface area contributed by atoms with Crippen molar-refractivity contribution >= 4 is 21.1 Å². The first-order valence-electron chi connectivity index (χ1n) is 3.99. The van der Waals surface area contributed by atoms with Crippen molar-refractivity contribution in [1.29, 1.82) is 5.26 Å². The maximum Gasteiger partial charge on any atom is 0.214 e.